The molecule has 0 radical (unpaired) electrons. The summed E-state index contributed by atoms with van der Waals surface area (Å²) in [4.78, 5) is 1.28. The van der Waals surface area contributed by atoms with E-state index in [-0.39, 0.29) is 0 Å². The lowest BCUT2D eigenvalue weighted by Gasteiger charge is -2.02. The SMILES string of the molecule is Cc1cc(N)c2nnc(Cc3cccs3)n2c1. The molecule has 0 aliphatic rings. The Labute approximate surface area is 103 Å². The van der Waals surface area contributed by atoms with Crippen molar-refractivity contribution < 1.29 is 0 Å². The predicted octanol–water partition coefficient (Wildman–Crippen LogP) is 2.27. The Balaban J connectivity index is 2.11. The zero-order valence-corrected chi connectivity index (χ0v) is 10.2. The highest BCUT2D eigenvalue weighted by molar-refractivity contribution is 7.09. The third-order valence-electron chi connectivity index (χ3n) is 2.65. The summed E-state index contributed by atoms with van der Waals surface area (Å²) in [7, 11) is 0. The van der Waals surface area contributed by atoms with E-state index in [9.17, 15) is 0 Å². The van der Waals surface area contributed by atoms with Crippen molar-refractivity contribution >= 4 is 22.7 Å². The number of nitrogens with two attached hydrogens (primary N) is 1. The van der Waals surface area contributed by atoms with Gasteiger partial charge in [-0.25, -0.2) is 0 Å². The van der Waals surface area contributed by atoms with Crippen LogP contribution >= 0.6 is 11.3 Å². The van der Waals surface area contributed by atoms with Crippen LogP contribution in [0.3, 0.4) is 0 Å². The van der Waals surface area contributed by atoms with E-state index < -0.39 is 0 Å². The summed E-state index contributed by atoms with van der Waals surface area (Å²) in [5.41, 5.74) is 8.45. The van der Waals surface area contributed by atoms with Crippen LogP contribution in [0.4, 0.5) is 5.69 Å². The Morgan fingerprint density at radius 2 is 2.29 bits per heavy atom. The number of aromatic nitrogens is 3. The molecule has 4 nitrogen and oxygen atoms in total. The summed E-state index contributed by atoms with van der Waals surface area (Å²) >= 11 is 1.73. The molecule has 0 saturated heterocycles. The number of fused-ring (bicyclic) bond motifs is 1. The van der Waals surface area contributed by atoms with Crippen LogP contribution in [-0.4, -0.2) is 14.6 Å². The molecule has 5 heteroatoms. The molecule has 3 heterocycles. The highest BCUT2D eigenvalue weighted by Gasteiger charge is 2.09. The fourth-order valence-electron chi connectivity index (χ4n) is 1.90. The average molecular weight is 244 g/mol. The minimum absolute atomic E-state index is 0.676. The molecule has 0 atom stereocenters. The number of thiophene rings is 1. The van der Waals surface area contributed by atoms with E-state index in [2.05, 4.69) is 21.6 Å². The van der Waals surface area contributed by atoms with Gasteiger partial charge in [0.1, 0.15) is 5.82 Å². The Hall–Kier alpha value is -1.88. The number of anilines is 1. The molecule has 0 unspecified atom stereocenters. The smallest absolute Gasteiger partial charge is 0.184 e. The third kappa shape index (κ3) is 1.78. The Morgan fingerprint density at radius 3 is 3.06 bits per heavy atom. The molecule has 0 aliphatic carbocycles. The molecule has 3 aromatic heterocycles. The van der Waals surface area contributed by atoms with Gasteiger partial charge in [0, 0.05) is 17.5 Å². The number of hydrogen-bond donors (Lipinski definition) is 1. The summed E-state index contributed by atoms with van der Waals surface area (Å²) < 4.78 is 1.98. The zero-order chi connectivity index (χ0) is 11.8. The first kappa shape index (κ1) is 10.3. The maximum atomic E-state index is 5.92. The Kier molecular flexibility index (Phi) is 2.33. The molecule has 3 rings (SSSR count). The molecule has 0 aromatic carbocycles. The third-order valence-corrected chi connectivity index (χ3v) is 3.53. The highest BCUT2D eigenvalue weighted by atomic mass is 32.1. The second kappa shape index (κ2) is 3.85. The Morgan fingerprint density at radius 1 is 1.41 bits per heavy atom. The standard InChI is InChI=1S/C12H12N4S/c1-8-5-10(13)12-15-14-11(16(12)7-8)6-9-3-2-4-17-9/h2-5,7H,6,13H2,1H3. The van der Waals surface area contributed by atoms with Gasteiger partial charge in [0.25, 0.3) is 0 Å². The van der Waals surface area contributed by atoms with Gasteiger partial charge in [-0.2, -0.15) is 0 Å². The predicted molar refractivity (Wildman–Crippen MR) is 69.3 cm³/mol. The number of nitrogens with zero attached hydrogens (tertiary/aromatic N) is 3. The van der Waals surface area contributed by atoms with Gasteiger partial charge in [-0.15, -0.1) is 21.5 Å². The van der Waals surface area contributed by atoms with Crippen LogP contribution in [0.5, 0.6) is 0 Å². The maximum absolute atomic E-state index is 5.92. The monoisotopic (exact) mass is 244 g/mol. The highest BCUT2D eigenvalue weighted by Crippen LogP contribution is 2.18. The van der Waals surface area contributed by atoms with Crippen LogP contribution in [0.1, 0.15) is 16.3 Å². The lowest BCUT2D eigenvalue weighted by atomic mass is 10.2. The summed E-state index contributed by atoms with van der Waals surface area (Å²) in [5, 5.41) is 10.4. The molecular formula is C12H12N4S. The van der Waals surface area contributed by atoms with Gasteiger partial charge in [0.2, 0.25) is 0 Å². The lowest BCUT2D eigenvalue weighted by Crippen LogP contribution is -1.98. The quantitative estimate of drug-likeness (QED) is 0.752. The number of rotatable bonds is 2. The van der Waals surface area contributed by atoms with Crippen LogP contribution in [0.15, 0.2) is 29.8 Å². The number of pyridine rings is 1. The number of nitrogen functional groups attached to an aromatic ring is 1. The summed E-state index contributed by atoms with van der Waals surface area (Å²) in [5.74, 6) is 0.929. The Bertz CT molecular complexity index is 655. The minimum atomic E-state index is 0.676. The van der Waals surface area contributed by atoms with Crippen molar-refractivity contribution in [1.82, 2.24) is 14.6 Å². The number of aryl methyl sites for hydroxylation is 1. The summed E-state index contributed by atoms with van der Waals surface area (Å²) in [6, 6.07) is 6.06. The molecule has 0 bridgehead atoms. The van der Waals surface area contributed by atoms with Crippen molar-refractivity contribution in [3.8, 4) is 0 Å². The molecule has 2 N–H and O–H groups in total. The summed E-state index contributed by atoms with van der Waals surface area (Å²) in [6.45, 7) is 2.02. The fraction of sp³-hybridized carbons (Fsp3) is 0.167. The second-order valence-electron chi connectivity index (χ2n) is 4.04. The van der Waals surface area contributed by atoms with Gasteiger partial charge in [0.15, 0.2) is 5.65 Å². The van der Waals surface area contributed by atoms with Gasteiger partial charge in [-0.1, -0.05) is 6.07 Å². The normalized spacial score (nSPS) is 11.1. The molecular weight excluding hydrogens is 232 g/mol. The van der Waals surface area contributed by atoms with Crippen molar-refractivity contribution in [3.63, 3.8) is 0 Å². The second-order valence-corrected chi connectivity index (χ2v) is 5.07. The van der Waals surface area contributed by atoms with E-state index in [1.165, 1.54) is 4.88 Å². The average Bonchev–Trinajstić information content (AvgIpc) is 2.89. The van der Waals surface area contributed by atoms with Crippen LogP contribution < -0.4 is 5.73 Å². The molecule has 0 amide bonds. The molecule has 0 fully saturated rings. The zero-order valence-electron chi connectivity index (χ0n) is 9.42. The molecule has 0 saturated carbocycles. The largest absolute Gasteiger partial charge is 0.396 e. The van der Waals surface area contributed by atoms with E-state index in [4.69, 9.17) is 5.73 Å². The summed E-state index contributed by atoms with van der Waals surface area (Å²) in [6.07, 6.45) is 2.82. The number of hydrogen-bond acceptors (Lipinski definition) is 4. The van der Waals surface area contributed by atoms with Crippen molar-refractivity contribution in [2.24, 2.45) is 0 Å². The first-order valence-electron chi connectivity index (χ1n) is 5.36. The van der Waals surface area contributed by atoms with Crippen molar-refractivity contribution in [1.29, 1.82) is 0 Å². The molecule has 3 aromatic rings. The van der Waals surface area contributed by atoms with Crippen LogP contribution in [0, 0.1) is 6.92 Å². The van der Waals surface area contributed by atoms with Crippen molar-refractivity contribution in [2.45, 2.75) is 13.3 Å². The van der Waals surface area contributed by atoms with Crippen LogP contribution in [0.2, 0.25) is 0 Å². The van der Waals surface area contributed by atoms with E-state index in [0.717, 1.165) is 23.5 Å². The van der Waals surface area contributed by atoms with E-state index in [1.54, 1.807) is 11.3 Å². The van der Waals surface area contributed by atoms with E-state index in [0.29, 0.717) is 5.69 Å². The van der Waals surface area contributed by atoms with Gasteiger partial charge in [-0.3, -0.25) is 4.40 Å². The van der Waals surface area contributed by atoms with Crippen LogP contribution in [0.25, 0.3) is 5.65 Å². The molecule has 0 aliphatic heterocycles. The van der Waals surface area contributed by atoms with Gasteiger partial charge < -0.3 is 5.73 Å². The first-order valence-corrected chi connectivity index (χ1v) is 6.24. The first-order chi connectivity index (χ1) is 8.24. The van der Waals surface area contributed by atoms with Gasteiger partial charge in [0.05, 0.1) is 5.69 Å². The minimum Gasteiger partial charge on any atom is -0.396 e. The molecule has 0 spiro atoms. The maximum Gasteiger partial charge on any atom is 0.184 e. The van der Waals surface area contributed by atoms with Crippen LogP contribution in [-0.2, 0) is 6.42 Å². The molecule has 17 heavy (non-hydrogen) atoms. The molecule has 86 valence electrons. The van der Waals surface area contributed by atoms with E-state index in [1.807, 2.05) is 29.7 Å². The topological polar surface area (TPSA) is 56.2 Å². The fourth-order valence-corrected chi connectivity index (χ4v) is 2.60. The lowest BCUT2D eigenvalue weighted by molar-refractivity contribution is 0.941. The van der Waals surface area contributed by atoms with E-state index >= 15 is 0 Å². The van der Waals surface area contributed by atoms with Crippen molar-refractivity contribution in [3.05, 3.63) is 46.0 Å². The van der Waals surface area contributed by atoms with Crippen molar-refractivity contribution in [2.75, 3.05) is 5.73 Å². The van der Waals surface area contributed by atoms with Gasteiger partial charge >= 0.3 is 0 Å². The van der Waals surface area contributed by atoms with Gasteiger partial charge in [-0.05, 0) is 30.0 Å².